The Bertz CT molecular complexity index is 48.2. The topological polar surface area (TPSA) is 49.7 Å². The van der Waals surface area contributed by atoms with Crippen molar-refractivity contribution in [2.24, 2.45) is 0 Å². The summed E-state index contributed by atoms with van der Waals surface area (Å²) in [7, 11) is -2.22. The molecule has 0 atom stereocenters. The highest BCUT2D eigenvalue weighted by Gasteiger charge is 1.89. The van der Waals surface area contributed by atoms with E-state index >= 15 is 0 Å². The van der Waals surface area contributed by atoms with Gasteiger partial charge in [0.2, 0.25) is 0 Å². The van der Waals surface area contributed by atoms with E-state index in [1.807, 2.05) is 0 Å². The fraction of sp³-hybridized carbons (Fsp3) is 0. The van der Waals surface area contributed by atoms with Crippen LogP contribution < -0.4 is 0 Å². The van der Waals surface area contributed by atoms with Gasteiger partial charge in [-0.3, -0.25) is 0 Å². The summed E-state index contributed by atoms with van der Waals surface area (Å²) in [6.45, 7) is 3.07. The Kier molecular flexibility index (Phi) is 8.55. The van der Waals surface area contributed by atoms with Gasteiger partial charge in [-0.1, -0.05) is 6.58 Å². The lowest BCUT2D eigenvalue weighted by molar-refractivity contribution is 0.343. The Labute approximate surface area is 45.2 Å². The zero-order valence-corrected chi connectivity index (χ0v) is 3.93. The molecule has 42 valence electrons. The molecule has 5 heteroatoms. The highest BCUT2D eigenvalue weighted by molar-refractivity contribution is 7.39. The second-order valence-corrected chi connectivity index (χ2v) is 1.24. The van der Waals surface area contributed by atoms with Gasteiger partial charge in [0, 0.05) is 0 Å². The van der Waals surface area contributed by atoms with Gasteiger partial charge in [-0.25, -0.2) is 0 Å². The van der Waals surface area contributed by atoms with Crippen LogP contribution in [0.15, 0.2) is 12.8 Å². The van der Waals surface area contributed by atoms with Crippen LogP contribution in [0.3, 0.4) is 0 Å². The Morgan fingerprint density at radius 1 is 1.57 bits per heavy atom. The highest BCUT2D eigenvalue weighted by Crippen LogP contribution is 2.23. The lowest BCUT2D eigenvalue weighted by Gasteiger charge is -1.93. The van der Waals surface area contributed by atoms with Gasteiger partial charge < -0.3 is 14.3 Å². The first-order chi connectivity index (χ1) is 2.77. The Balaban J connectivity index is 0. The molecule has 0 saturated carbocycles. The van der Waals surface area contributed by atoms with Gasteiger partial charge in [0.05, 0.1) is 14.7 Å². The van der Waals surface area contributed by atoms with Crippen LogP contribution in [0.2, 0.25) is 0 Å². The zero-order chi connectivity index (χ0) is 4.99. The van der Waals surface area contributed by atoms with E-state index in [1.54, 1.807) is 0 Å². The summed E-state index contributed by atoms with van der Waals surface area (Å²) in [6.07, 6.45) is 0.978. The molecule has 0 aromatic rings. The van der Waals surface area contributed by atoms with E-state index in [-0.39, 0.29) is 8.41 Å². The number of hydrogen-bond acceptors (Lipinski definition) is 3. The molecule has 0 aliphatic rings. The zero-order valence-electron chi connectivity index (χ0n) is 3.03. The van der Waals surface area contributed by atoms with Crippen molar-refractivity contribution < 1.29 is 14.3 Å². The largest absolute Gasteiger partial charge is 0.436 e. The Morgan fingerprint density at radius 3 is 2.00 bits per heavy atom. The van der Waals surface area contributed by atoms with Gasteiger partial charge in [0.15, 0.2) is 0 Å². The minimum absolute atomic E-state index is 0. The highest BCUT2D eigenvalue weighted by atomic mass is 31.2. The van der Waals surface area contributed by atoms with Crippen molar-refractivity contribution in [2.75, 3.05) is 0 Å². The van der Waals surface area contributed by atoms with Crippen LogP contribution in [-0.2, 0) is 4.52 Å². The average Bonchev–Trinajstić information content (AvgIpc) is 1.35. The smallest absolute Gasteiger partial charge is 0.390 e. The molecule has 0 amide bonds. The molecule has 3 nitrogen and oxygen atoms in total. The van der Waals surface area contributed by atoms with E-state index in [2.05, 4.69) is 11.1 Å². The molecule has 0 bridgehead atoms. The van der Waals surface area contributed by atoms with Gasteiger partial charge in [0.25, 0.3) is 0 Å². The van der Waals surface area contributed by atoms with Gasteiger partial charge in [-0.05, 0) is 0 Å². The summed E-state index contributed by atoms with van der Waals surface area (Å²) in [6, 6.07) is 0. The van der Waals surface area contributed by atoms with Crippen molar-refractivity contribution >= 4 is 17.0 Å². The van der Waals surface area contributed by atoms with Gasteiger partial charge in [-0.15, -0.1) is 0 Å². The Morgan fingerprint density at radius 2 is 2.00 bits per heavy atom. The molecule has 7 heavy (non-hydrogen) atoms. The quantitative estimate of drug-likeness (QED) is 0.285. The maximum absolute atomic E-state index is 7.88. The third kappa shape index (κ3) is 10.7. The monoisotopic (exact) mass is 122 g/mol. The molecule has 0 rings (SSSR count). The first-order valence-electron chi connectivity index (χ1n) is 1.23. The maximum atomic E-state index is 7.88. The lowest BCUT2D eigenvalue weighted by atomic mass is 10.8. The van der Waals surface area contributed by atoms with E-state index < -0.39 is 8.60 Å². The SMILES string of the molecule is B.C=COP(O)O. The predicted molar refractivity (Wildman–Crippen MR) is 32.6 cm³/mol. The molecule has 0 unspecified atom stereocenters. The summed E-state index contributed by atoms with van der Waals surface area (Å²) in [4.78, 5) is 15.8. The summed E-state index contributed by atoms with van der Waals surface area (Å²) in [5.41, 5.74) is 0. The molecule has 0 aromatic carbocycles. The van der Waals surface area contributed by atoms with Crippen LogP contribution in [0.25, 0.3) is 0 Å². The molecular formula is C2H8BO3P. The van der Waals surface area contributed by atoms with Crippen molar-refractivity contribution in [3.63, 3.8) is 0 Å². The lowest BCUT2D eigenvalue weighted by Crippen LogP contribution is -1.66. The summed E-state index contributed by atoms with van der Waals surface area (Å²) in [5, 5.41) is 0. The van der Waals surface area contributed by atoms with Crippen molar-refractivity contribution in [1.82, 2.24) is 0 Å². The molecule has 0 aromatic heterocycles. The number of hydrogen-bond donors (Lipinski definition) is 2. The molecule has 2 N–H and O–H groups in total. The third-order valence-corrected chi connectivity index (χ3v) is 0.506. The van der Waals surface area contributed by atoms with E-state index in [1.165, 1.54) is 0 Å². The van der Waals surface area contributed by atoms with Crippen LogP contribution in [0, 0.1) is 0 Å². The molecular weight excluding hydrogens is 114 g/mol. The van der Waals surface area contributed by atoms with E-state index in [4.69, 9.17) is 9.79 Å². The standard InChI is InChI=1S/C2H5O3P.BH3/c1-2-5-6(3)4;/h2-4H,1H2;1H3. The minimum Gasteiger partial charge on any atom is -0.436 e. The van der Waals surface area contributed by atoms with E-state index in [0.29, 0.717) is 0 Å². The second-order valence-electron chi connectivity index (χ2n) is 0.525. The van der Waals surface area contributed by atoms with Crippen molar-refractivity contribution in [1.29, 1.82) is 0 Å². The maximum Gasteiger partial charge on any atom is 0.390 e. The third-order valence-electron chi connectivity index (χ3n) is 0.169. The van der Waals surface area contributed by atoms with Crippen molar-refractivity contribution in [3.05, 3.63) is 12.8 Å². The van der Waals surface area contributed by atoms with Crippen molar-refractivity contribution in [3.8, 4) is 0 Å². The van der Waals surface area contributed by atoms with Crippen molar-refractivity contribution in [2.45, 2.75) is 0 Å². The molecule has 0 saturated heterocycles. The molecule has 0 spiro atoms. The van der Waals surface area contributed by atoms with Crippen LogP contribution in [0.5, 0.6) is 0 Å². The second kappa shape index (κ2) is 5.95. The average molecular weight is 122 g/mol. The van der Waals surface area contributed by atoms with Crippen LogP contribution in [0.1, 0.15) is 0 Å². The van der Waals surface area contributed by atoms with E-state index in [0.717, 1.165) is 6.26 Å². The molecule has 0 fully saturated rings. The van der Waals surface area contributed by atoms with Crippen LogP contribution in [0.4, 0.5) is 0 Å². The van der Waals surface area contributed by atoms with Gasteiger partial charge in [-0.2, -0.15) is 0 Å². The molecule has 0 heterocycles. The van der Waals surface area contributed by atoms with Crippen LogP contribution >= 0.6 is 8.60 Å². The minimum atomic E-state index is -2.22. The molecule has 0 aliphatic heterocycles. The molecule has 0 aliphatic carbocycles. The first-order valence-corrected chi connectivity index (χ1v) is 2.39. The van der Waals surface area contributed by atoms with Gasteiger partial charge >= 0.3 is 8.60 Å². The fourth-order valence-corrected chi connectivity index (χ4v) is 0.200. The number of rotatable bonds is 2. The van der Waals surface area contributed by atoms with E-state index in [9.17, 15) is 0 Å². The first kappa shape index (κ1) is 10.0. The summed E-state index contributed by atoms with van der Waals surface area (Å²) < 4.78 is 3.98. The summed E-state index contributed by atoms with van der Waals surface area (Å²) in [5.74, 6) is 0. The van der Waals surface area contributed by atoms with Crippen LogP contribution in [-0.4, -0.2) is 18.2 Å². The summed E-state index contributed by atoms with van der Waals surface area (Å²) >= 11 is 0. The normalized spacial score (nSPS) is 7.29. The molecule has 0 radical (unpaired) electrons. The van der Waals surface area contributed by atoms with Gasteiger partial charge in [0.1, 0.15) is 0 Å². The Hall–Kier alpha value is -0.0451. The predicted octanol–water partition coefficient (Wildman–Crippen LogP) is -0.826. The fourth-order valence-electron chi connectivity index (χ4n) is 0.0667.